The molecule has 0 saturated heterocycles. The minimum absolute atomic E-state index is 0.153. The van der Waals surface area contributed by atoms with E-state index in [1.54, 1.807) is 24.3 Å². The molecule has 0 spiro atoms. The smallest absolute Gasteiger partial charge is 0.307 e. The van der Waals surface area contributed by atoms with E-state index in [-0.39, 0.29) is 12.8 Å². The highest BCUT2D eigenvalue weighted by atomic mass is 35.5. The maximum Gasteiger partial charge on any atom is 0.307 e. The number of esters is 2. The second kappa shape index (κ2) is 32.4. The van der Waals surface area contributed by atoms with Gasteiger partial charge in [0.1, 0.15) is 23.7 Å². The molecular formula is C58H76Cl4N2O12. The van der Waals surface area contributed by atoms with Crippen LogP contribution in [0.1, 0.15) is 137 Å². The minimum atomic E-state index is -0.746. The molecule has 0 fully saturated rings. The third kappa shape index (κ3) is 21.5. The van der Waals surface area contributed by atoms with Crippen molar-refractivity contribution in [2.75, 3.05) is 65.8 Å². The van der Waals surface area contributed by atoms with Gasteiger partial charge in [-0.3, -0.25) is 9.59 Å². The first-order valence-electron chi connectivity index (χ1n) is 26.5. The van der Waals surface area contributed by atoms with E-state index in [1.807, 2.05) is 76.2 Å². The zero-order valence-corrected chi connectivity index (χ0v) is 47.5. The molecule has 14 nitrogen and oxygen atoms in total. The summed E-state index contributed by atoms with van der Waals surface area (Å²) in [5.41, 5.74) is 4.88. The van der Waals surface area contributed by atoms with Crippen LogP contribution in [0, 0.1) is 0 Å². The van der Waals surface area contributed by atoms with Crippen LogP contribution in [0.4, 0.5) is 0 Å². The molecule has 2 aliphatic rings. The van der Waals surface area contributed by atoms with E-state index in [0.29, 0.717) is 99.2 Å². The normalized spacial score (nSPS) is 15.2. The molecule has 18 heteroatoms. The fraction of sp³-hybridized carbons (Fsp3) is 0.552. The highest BCUT2D eigenvalue weighted by molar-refractivity contribution is 6.36. The summed E-state index contributed by atoms with van der Waals surface area (Å²) >= 11 is 24.9. The lowest BCUT2D eigenvalue weighted by atomic mass is 10.0. The van der Waals surface area contributed by atoms with Crippen molar-refractivity contribution in [1.82, 2.24) is 10.6 Å². The Morgan fingerprint density at radius 2 is 0.895 bits per heavy atom. The summed E-state index contributed by atoms with van der Waals surface area (Å²) in [5.74, 6) is -1.06. The Hall–Kier alpha value is -3.74. The first-order chi connectivity index (χ1) is 36.7. The molecule has 0 bridgehead atoms. The average Bonchev–Trinajstić information content (AvgIpc) is 3.39. The summed E-state index contributed by atoms with van der Waals surface area (Å²) < 4.78 is 59.0. The summed E-state index contributed by atoms with van der Waals surface area (Å²) in [4.78, 5) is 27.1. The topological polar surface area (TPSA) is 150 Å². The first-order valence-corrected chi connectivity index (χ1v) is 28.1. The van der Waals surface area contributed by atoms with Gasteiger partial charge in [-0.1, -0.05) is 96.4 Å². The third-order valence-electron chi connectivity index (χ3n) is 12.7. The van der Waals surface area contributed by atoms with Gasteiger partial charge in [-0.2, -0.15) is 0 Å². The molecular weight excluding hydrogens is 1060 g/mol. The van der Waals surface area contributed by atoms with Gasteiger partial charge in [-0.15, -0.1) is 0 Å². The van der Waals surface area contributed by atoms with Crippen molar-refractivity contribution < 1.29 is 57.0 Å². The van der Waals surface area contributed by atoms with Gasteiger partial charge in [0.15, 0.2) is 0 Å². The van der Waals surface area contributed by atoms with Crippen molar-refractivity contribution >= 4 is 58.3 Å². The number of rotatable bonds is 35. The molecule has 76 heavy (non-hydrogen) atoms. The van der Waals surface area contributed by atoms with Gasteiger partial charge in [0.05, 0.1) is 65.7 Å². The molecule has 2 atom stereocenters. The molecule has 0 aliphatic carbocycles. The van der Waals surface area contributed by atoms with Crippen molar-refractivity contribution in [3.8, 4) is 11.5 Å². The van der Waals surface area contributed by atoms with E-state index in [0.717, 1.165) is 109 Å². The van der Waals surface area contributed by atoms with Crippen LogP contribution in [0.25, 0.3) is 0 Å². The summed E-state index contributed by atoms with van der Waals surface area (Å²) in [5, 5.41) is 9.32. The maximum absolute atomic E-state index is 13.6. The second-order valence-corrected chi connectivity index (χ2v) is 21.4. The lowest BCUT2D eigenvalue weighted by Crippen LogP contribution is -2.35. The largest absolute Gasteiger partial charge is 0.463 e. The van der Waals surface area contributed by atoms with Crippen LogP contribution >= 0.6 is 46.4 Å². The van der Waals surface area contributed by atoms with E-state index in [4.69, 9.17) is 93.8 Å². The number of unbranched alkanes of at least 4 members (excludes halogenated alkanes) is 6. The molecule has 0 amide bonds. The number of carbonyl (C=O) groups is 2. The van der Waals surface area contributed by atoms with Crippen molar-refractivity contribution in [2.24, 2.45) is 0 Å². The molecule has 0 aromatic heterocycles. The Balaban J connectivity index is 0.916. The summed E-state index contributed by atoms with van der Waals surface area (Å²) in [6, 6.07) is 22.3. The molecule has 6 rings (SSSR count). The number of nitrogens with one attached hydrogen (secondary N) is 2. The van der Waals surface area contributed by atoms with Gasteiger partial charge in [-0.25, -0.2) is 0 Å². The molecule has 0 unspecified atom stereocenters. The number of fused-ring (bicyclic) bond motifs is 2. The van der Waals surface area contributed by atoms with E-state index in [1.165, 1.54) is 0 Å². The quantitative estimate of drug-likeness (QED) is 0.0332. The molecule has 0 radical (unpaired) electrons. The molecule has 4 aromatic rings. The second-order valence-electron chi connectivity index (χ2n) is 19.7. The number of halogens is 4. The maximum atomic E-state index is 13.6. The van der Waals surface area contributed by atoms with E-state index in [2.05, 4.69) is 10.6 Å². The van der Waals surface area contributed by atoms with Crippen LogP contribution in [0.2, 0.25) is 20.1 Å². The number of ether oxygens (including phenoxy) is 10. The minimum Gasteiger partial charge on any atom is -0.463 e. The van der Waals surface area contributed by atoms with Crippen LogP contribution in [0.3, 0.4) is 0 Å². The highest BCUT2D eigenvalue weighted by Gasteiger charge is 2.30. The Morgan fingerprint density at radius 3 is 1.30 bits per heavy atom. The summed E-state index contributed by atoms with van der Waals surface area (Å²) in [6.45, 7) is 14.3. The zero-order valence-electron chi connectivity index (χ0n) is 44.5. The number of carbonyl (C=O) groups excluding carboxylic acids is 2. The third-order valence-corrected chi connectivity index (χ3v) is 14.1. The van der Waals surface area contributed by atoms with Crippen LogP contribution < -0.4 is 20.1 Å². The average molecular weight is 1140 g/mol. The summed E-state index contributed by atoms with van der Waals surface area (Å²) in [6.07, 6.45) is 6.23. The molecule has 418 valence electrons. The van der Waals surface area contributed by atoms with E-state index < -0.39 is 35.7 Å². The van der Waals surface area contributed by atoms with Crippen molar-refractivity contribution in [3.05, 3.63) is 126 Å². The zero-order chi connectivity index (χ0) is 54.2. The summed E-state index contributed by atoms with van der Waals surface area (Å²) in [7, 11) is 0. The van der Waals surface area contributed by atoms with Crippen LogP contribution in [0.5, 0.6) is 11.5 Å². The van der Waals surface area contributed by atoms with Crippen LogP contribution in [0.15, 0.2) is 72.8 Å². The van der Waals surface area contributed by atoms with Gasteiger partial charge >= 0.3 is 11.9 Å². The van der Waals surface area contributed by atoms with Gasteiger partial charge in [0, 0.05) is 96.3 Å². The van der Waals surface area contributed by atoms with Crippen molar-refractivity contribution in [2.45, 2.75) is 142 Å². The van der Waals surface area contributed by atoms with E-state index in [9.17, 15) is 9.59 Å². The van der Waals surface area contributed by atoms with Gasteiger partial charge in [-0.05, 0) is 98.4 Å². The van der Waals surface area contributed by atoms with Gasteiger partial charge in [0.25, 0.3) is 0 Å². The highest BCUT2D eigenvalue weighted by Crippen LogP contribution is 2.36. The SMILES string of the molecule is CC1(C)OCc2cc([C@H](CNCCCCCCOCCOCc3c(Cl)cccc3Cl)OC(=O)CCC(=O)O[C@@H](CNCCCCCCOCCOCc3c(Cl)cccc3Cl)c3ccc4c(c3)COC(C)(C)O4)ccc2O1. The number of hydrogen-bond donors (Lipinski definition) is 2. The fourth-order valence-corrected chi connectivity index (χ4v) is 9.43. The Kier molecular flexibility index (Phi) is 26.2. The van der Waals surface area contributed by atoms with E-state index >= 15 is 0 Å². The fourth-order valence-electron chi connectivity index (χ4n) is 8.42. The molecule has 2 aliphatic heterocycles. The van der Waals surface area contributed by atoms with Crippen LogP contribution in [-0.4, -0.2) is 89.3 Å². The Labute approximate surface area is 469 Å². The monoisotopic (exact) mass is 1130 g/mol. The molecule has 2 N–H and O–H groups in total. The van der Waals surface area contributed by atoms with Gasteiger partial charge < -0.3 is 58.0 Å². The lowest BCUT2D eigenvalue weighted by Gasteiger charge is -2.33. The Morgan fingerprint density at radius 1 is 0.513 bits per heavy atom. The number of benzene rings is 4. The van der Waals surface area contributed by atoms with Crippen LogP contribution in [-0.2, 0) is 73.9 Å². The van der Waals surface area contributed by atoms with Gasteiger partial charge in [0.2, 0.25) is 11.6 Å². The Bertz CT molecular complexity index is 2220. The predicted octanol–water partition coefficient (Wildman–Crippen LogP) is 13.0. The standard InChI is InChI=1S/C58H76Cl4N2O12/c1-57(2)71-37-43-33-41(19-21-51(43)75-57)53(35-63-25-9-5-7-11-27-67-29-31-69-39-45-47(59)15-13-16-48(45)60)73-55(65)23-24-56(66)74-54(42-20-22-52-44(34-42)38-72-58(3,4)76-52)36-64-26-10-6-8-12-28-68-30-32-70-40-46-49(61)17-14-18-50(46)62/h13-22,33-34,53-54,63-64H,5-12,23-32,35-40H2,1-4H3/t53-,54-/m0/s1. The predicted molar refractivity (Wildman–Crippen MR) is 295 cm³/mol. The van der Waals surface area contributed by atoms with Crippen molar-refractivity contribution in [1.29, 1.82) is 0 Å². The molecule has 2 heterocycles. The molecule has 0 saturated carbocycles. The first kappa shape index (κ1) is 61.5. The van der Waals surface area contributed by atoms with Crippen molar-refractivity contribution in [3.63, 3.8) is 0 Å². The lowest BCUT2D eigenvalue weighted by molar-refractivity contribution is -0.180. The molecule has 4 aromatic carbocycles. The number of hydrogen-bond acceptors (Lipinski definition) is 14.